The third-order valence-corrected chi connectivity index (χ3v) is 9.25. The van der Waals surface area contributed by atoms with Crippen LogP contribution < -0.4 is 0 Å². The molecule has 3 saturated carbocycles. The van der Waals surface area contributed by atoms with Crippen molar-refractivity contribution in [2.45, 2.75) is 85.7 Å². The van der Waals surface area contributed by atoms with Crippen molar-refractivity contribution in [3.05, 3.63) is 36.0 Å². The Balaban J connectivity index is 1.76. The molecule has 8 unspecified atom stereocenters. The Bertz CT molecular complexity index is 660. The lowest BCUT2D eigenvalue weighted by Gasteiger charge is -2.44. The Morgan fingerprint density at radius 3 is 2.43 bits per heavy atom. The number of allylic oxidation sites excluding steroid dienone is 3. The summed E-state index contributed by atoms with van der Waals surface area (Å²) in [7, 11) is 0. The van der Waals surface area contributed by atoms with Crippen molar-refractivity contribution >= 4 is 0 Å². The summed E-state index contributed by atoms with van der Waals surface area (Å²) in [5, 5.41) is 20.3. The molecule has 3 aliphatic rings. The van der Waals surface area contributed by atoms with Crippen LogP contribution in [0.1, 0.15) is 79.6 Å². The summed E-state index contributed by atoms with van der Waals surface area (Å²) >= 11 is 0. The fraction of sp³-hybridized carbons (Fsp3) is 0.786. The monoisotopic (exact) mass is 414 g/mol. The van der Waals surface area contributed by atoms with E-state index in [0.717, 1.165) is 24.3 Å². The molecule has 0 aromatic rings. The Kier molecular flexibility index (Phi) is 7.72. The van der Waals surface area contributed by atoms with E-state index in [4.69, 9.17) is 0 Å². The zero-order valence-corrected chi connectivity index (χ0v) is 20.1. The van der Waals surface area contributed by atoms with E-state index in [1.54, 1.807) is 5.57 Å². The minimum absolute atomic E-state index is 0.121. The number of rotatable bonds is 7. The maximum atomic E-state index is 10.2. The van der Waals surface area contributed by atoms with E-state index in [-0.39, 0.29) is 24.5 Å². The third-order valence-electron chi connectivity index (χ3n) is 9.25. The van der Waals surface area contributed by atoms with Crippen molar-refractivity contribution < 1.29 is 10.2 Å². The van der Waals surface area contributed by atoms with Gasteiger partial charge in [-0.1, -0.05) is 65.0 Å². The predicted molar refractivity (Wildman–Crippen MR) is 127 cm³/mol. The van der Waals surface area contributed by atoms with Crippen molar-refractivity contribution in [3.8, 4) is 0 Å². The van der Waals surface area contributed by atoms with E-state index in [0.29, 0.717) is 29.1 Å². The van der Waals surface area contributed by atoms with Crippen LogP contribution in [0, 0.1) is 46.8 Å². The number of hydrogen-bond acceptors (Lipinski definition) is 2. The molecule has 0 saturated heterocycles. The zero-order valence-electron chi connectivity index (χ0n) is 20.1. The van der Waals surface area contributed by atoms with Crippen molar-refractivity contribution in [1.29, 1.82) is 0 Å². The van der Waals surface area contributed by atoms with E-state index in [9.17, 15) is 10.2 Å². The quantitative estimate of drug-likeness (QED) is 0.464. The average molecular weight is 415 g/mol. The first-order valence-corrected chi connectivity index (χ1v) is 12.6. The van der Waals surface area contributed by atoms with Gasteiger partial charge in [0.25, 0.3) is 0 Å². The van der Waals surface area contributed by atoms with Crippen LogP contribution in [-0.2, 0) is 0 Å². The summed E-state index contributed by atoms with van der Waals surface area (Å²) < 4.78 is 0. The molecule has 3 aliphatic carbocycles. The molecule has 2 nitrogen and oxygen atoms in total. The normalized spacial score (nSPS) is 39.1. The van der Waals surface area contributed by atoms with E-state index >= 15 is 0 Å². The molecule has 0 aromatic heterocycles. The fourth-order valence-corrected chi connectivity index (χ4v) is 6.87. The van der Waals surface area contributed by atoms with E-state index < -0.39 is 0 Å². The van der Waals surface area contributed by atoms with E-state index in [2.05, 4.69) is 59.4 Å². The highest BCUT2D eigenvalue weighted by Crippen LogP contribution is 2.60. The largest absolute Gasteiger partial charge is 0.396 e. The molecule has 0 spiro atoms. The number of aliphatic hydroxyl groups is 2. The van der Waals surface area contributed by atoms with Crippen LogP contribution in [0.2, 0.25) is 0 Å². The second-order valence-corrected chi connectivity index (χ2v) is 11.3. The van der Waals surface area contributed by atoms with Gasteiger partial charge >= 0.3 is 0 Å². The number of hydrogen-bond donors (Lipinski definition) is 2. The topological polar surface area (TPSA) is 40.5 Å². The number of aliphatic hydroxyl groups excluding tert-OH is 2. The average Bonchev–Trinajstić information content (AvgIpc) is 3.23. The van der Waals surface area contributed by atoms with Gasteiger partial charge in [-0.15, -0.1) is 0 Å². The second kappa shape index (κ2) is 9.74. The van der Waals surface area contributed by atoms with Crippen molar-refractivity contribution in [3.63, 3.8) is 0 Å². The third kappa shape index (κ3) is 4.65. The first-order valence-electron chi connectivity index (χ1n) is 12.6. The van der Waals surface area contributed by atoms with Gasteiger partial charge in [-0.25, -0.2) is 0 Å². The first kappa shape index (κ1) is 23.8. The highest BCUT2D eigenvalue weighted by Gasteiger charge is 2.50. The Morgan fingerprint density at radius 2 is 1.83 bits per heavy atom. The Labute approximate surface area is 185 Å². The molecule has 3 rings (SSSR count). The van der Waals surface area contributed by atoms with Crippen molar-refractivity contribution in [2.24, 2.45) is 46.8 Å². The van der Waals surface area contributed by atoms with Crippen LogP contribution in [0.3, 0.4) is 0 Å². The molecular weight excluding hydrogens is 368 g/mol. The standard InChI is InChI=1S/C28H46O2/c1-18(2)19(3)9-10-20(4)25-12-13-26-22(8-7-15-28(25,26)6)16-23(17-29)24-11-14-27(30)21(24)5/h9-10,16,18-20,23-27,29-30H,5,7-8,11-15,17H2,1-4,6H3. The molecule has 0 radical (unpaired) electrons. The lowest BCUT2D eigenvalue weighted by atomic mass is 9.60. The van der Waals surface area contributed by atoms with Crippen LogP contribution in [0.25, 0.3) is 0 Å². The molecule has 170 valence electrons. The van der Waals surface area contributed by atoms with Crippen LogP contribution in [0.5, 0.6) is 0 Å². The summed E-state index contributed by atoms with van der Waals surface area (Å²) in [5.41, 5.74) is 2.90. The maximum absolute atomic E-state index is 10.2. The molecular formula is C28H46O2. The summed E-state index contributed by atoms with van der Waals surface area (Å²) in [5.74, 6) is 3.72. The molecule has 3 fully saturated rings. The molecule has 0 heterocycles. The maximum Gasteiger partial charge on any atom is 0.0750 e. The minimum Gasteiger partial charge on any atom is -0.396 e. The summed E-state index contributed by atoms with van der Waals surface area (Å²) in [6.45, 7) is 16.2. The molecule has 2 heteroatoms. The van der Waals surface area contributed by atoms with Gasteiger partial charge < -0.3 is 10.2 Å². The summed E-state index contributed by atoms with van der Waals surface area (Å²) in [6.07, 6.45) is 15.1. The summed E-state index contributed by atoms with van der Waals surface area (Å²) in [4.78, 5) is 0. The minimum atomic E-state index is -0.379. The number of fused-ring (bicyclic) bond motifs is 1. The highest BCUT2D eigenvalue weighted by molar-refractivity contribution is 5.23. The Hall–Kier alpha value is -0.860. The highest BCUT2D eigenvalue weighted by atomic mass is 16.3. The lowest BCUT2D eigenvalue weighted by molar-refractivity contribution is 0.110. The fourth-order valence-electron chi connectivity index (χ4n) is 6.87. The lowest BCUT2D eigenvalue weighted by Crippen LogP contribution is -2.36. The molecule has 0 amide bonds. The van der Waals surface area contributed by atoms with Gasteiger partial charge in [-0.3, -0.25) is 0 Å². The van der Waals surface area contributed by atoms with E-state index in [1.165, 1.54) is 32.1 Å². The molecule has 2 N–H and O–H groups in total. The Morgan fingerprint density at radius 1 is 1.10 bits per heavy atom. The SMILES string of the molecule is C=C1C(O)CCC1C(C=C1CCCC2(C)C1CCC2C(C)C=CC(C)C(C)C)CO. The smallest absolute Gasteiger partial charge is 0.0750 e. The zero-order chi connectivity index (χ0) is 22.1. The van der Waals surface area contributed by atoms with Crippen molar-refractivity contribution in [1.82, 2.24) is 0 Å². The van der Waals surface area contributed by atoms with E-state index in [1.807, 2.05) is 0 Å². The second-order valence-electron chi connectivity index (χ2n) is 11.3. The van der Waals surface area contributed by atoms with Crippen LogP contribution in [0.15, 0.2) is 36.0 Å². The first-order chi connectivity index (χ1) is 14.2. The molecule has 8 atom stereocenters. The van der Waals surface area contributed by atoms with Gasteiger partial charge in [0.15, 0.2) is 0 Å². The molecule has 30 heavy (non-hydrogen) atoms. The predicted octanol–water partition coefficient (Wildman–Crippen LogP) is 6.55. The van der Waals surface area contributed by atoms with Gasteiger partial charge in [0.2, 0.25) is 0 Å². The van der Waals surface area contributed by atoms with Gasteiger partial charge in [0, 0.05) is 12.5 Å². The van der Waals surface area contributed by atoms with Crippen LogP contribution >= 0.6 is 0 Å². The van der Waals surface area contributed by atoms with Gasteiger partial charge in [-0.2, -0.15) is 0 Å². The molecule has 0 bridgehead atoms. The van der Waals surface area contributed by atoms with Crippen LogP contribution in [0.4, 0.5) is 0 Å². The van der Waals surface area contributed by atoms with Crippen molar-refractivity contribution in [2.75, 3.05) is 6.61 Å². The van der Waals surface area contributed by atoms with Crippen LogP contribution in [-0.4, -0.2) is 22.9 Å². The molecule has 0 aliphatic heterocycles. The van der Waals surface area contributed by atoms with Gasteiger partial charge in [0.05, 0.1) is 6.10 Å². The van der Waals surface area contributed by atoms with Gasteiger partial charge in [-0.05, 0) is 91.4 Å². The molecule has 0 aromatic carbocycles. The van der Waals surface area contributed by atoms with Gasteiger partial charge in [0.1, 0.15) is 0 Å². The summed E-state index contributed by atoms with van der Waals surface area (Å²) in [6, 6.07) is 0.